The summed E-state index contributed by atoms with van der Waals surface area (Å²) in [5, 5.41) is 16.1. The molecule has 0 saturated carbocycles. The van der Waals surface area contributed by atoms with Gasteiger partial charge < -0.3 is 5.11 Å². The molecule has 2 aromatic carbocycles. The summed E-state index contributed by atoms with van der Waals surface area (Å²) in [4.78, 5) is 36.7. The Bertz CT molecular complexity index is 1270. The van der Waals surface area contributed by atoms with E-state index in [-0.39, 0.29) is 11.1 Å². The minimum absolute atomic E-state index is 0.0221. The highest BCUT2D eigenvalue weighted by atomic mass is 16.3. The lowest BCUT2D eigenvalue weighted by Gasteiger charge is -2.13. The molecule has 1 saturated heterocycles. The zero-order chi connectivity index (χ0) is 21.8. The molecule has 0 aliphatic carbocycles. The number of aromatic nitrogens is 2. The van der Waals surface area contributed by atoms with E-state index in [9.17, 15) is 19.5 Å². The molecule has 0 spiro atoms. The van der Waals surface area contributed by atoms with E-state index in [2.05, 4.69) is 10.5 Å². The molecule has 8 heteroatoms. The Balaban J connectivity index is 1.49. The number of anilines is 1. The van der Waals surface area contributed by atoms with Crippen LogP contribution in [-0.2, 0) is 9.59 Å². The number of rotatable bonds is 5. The Kier molecular flexibility index (Phi) is 5.35. The Labute approximate surface area is 177 Å². The third-order valence-electron chi connectivity index (χ3n) is 4.56. The molecule has 1 aliphatic rings. The van der Waals surface area contributed by atoms with Gasteiger partial charge in [-0.15, -0.1) is 0 Å². The van der Waals surface area contributed by atoms with Gasteiger partial charge >= 0.3 is 0 Å². The van der Waals surface area contributed by atoms with Crippen LogP contribution in [0.4, 0.5) is 5.69 Å². The van der Waals surface area contributed by atoms with Crippen LogP contribution in [0.15, 0.2) is 95.3 Å². The highest BCUT2D eigenvalue weighted by Gasteiger charge is 2.33. The molecule has 0 radical (unpaired) electrons. The first-order chi connectivity index (χ1) is 15.1. The Morgan fingerprint density at radius 3 is 2.13 bits per heavy atom. The number of para-hydroxylation sites is 2. The molecule has 0 bridgehead atoms. The third kappa shape index (κ3) is 3.95. The Morgan fingerprint density at radius 1 is 0.806 bits per heavy atom. The molecule has 2 amide bonds. The summed E-state index contributed by atoms with van der Waals surface area (Å²) in [7, 11) is 0. The molecule has 2 heterocycles. The predicted octanol–water partition coefficient (Wildman–Crippen LogP) is 1.81. The molecule has 4 rings (SSSR count). The van der Waals surface area contributed by atoms with Gasteiger partial charge in [-0.3, -0.25) is 29.6 Å². The first kappa shape index (κ1) is 19.7. The number of H-pyrrole nitrogens is 1. The Morgan fingerprint density at radius 2 is 1.45 bits per heavy atom. The maximum absolute atomic E-state index is 12.5. The van der Waals surface area contributed by atoms with Gasteiger partial charge in [-0.05, 0) is 36.4 Å². The molecular weight excluding hydrogens is 396 g/mol. The van der Waals surface area contributed by atoms with Crippen molar-refractivity contribution in [2.45, 2.75) is 0 Å². The second-order valence-corrected chi connectivity index (χ2v) is 6.57. The molecule has 3 aromatic rings. The van der Waals surface area contributed by atoms with Gasteiger partial charge in [0, 0.05) is 5.88 Å². The topological polar surface area (TPSA) is 110 Å². The minimum Gasteiger partial charge on any atom is -0.858 e. The monoisotopic (exact) mass is 413 g/mol. The summed E-state index contributed by atoms with van der Waals surface area (Å²) in [6, 6.07) is 17.5. The van der Waals surface area contributed by atoms with Crippen LogP contribution in [0, 0.1) is 0 Å². The zero-order valence-corrected chi connectivity index (χ0v) is 16.2. The summed E-state index contributed by atoms with van der Waals surface area (Å²) < 4.78 is 1.17. The molecule has 1 fully saturated rings. The van der Waals surface area contributed by atoms with Gasteiger partial charge in [0.1, 0.15) is 5.57 Å². The average molecular weight is 413 g/mol. The van der Waals surface area contributed by atoms with Crippen LogP contribution in [0.1, 0.15) is 5.56 Å². The van der Waals surface area contributed by atoms with E-state index in [1.54, 1.807) is 48.5 Å². The van der Waals surface area contributed by atoms with E-state index >= 15 is 0 Å². The summed E-state index contributed by atoms with van der Waals surface area (Å²) in [6.45, 7) is 0. The number of hydrazine groups is 1. The first-order valence-electron chi connectivity index (χ1n) is 9.39. The quantitative estimate of drug-likeness (QED) is 0.378. The van der Waals surface area contributed by atoms with Gasteiger partial charge in [-0.1, -0.05) is 54.6 Å². The van der Waals surface area contributed by atoms with Gasteiger partial charge in [-0.2, -0.15) is 0 Å². The van der Waals surface area contributed by atoms with Crippen molar-refractivity contribution in [1.82, 2.24) is 15.2 Å². The van der Waals surface area contributed by atoms with Crippen LogP contribution in [-0.4, -0.2) is 21.6 Å². The summed E-state index contributed by atoms with van der Waals surface area (Å²) in [6.07, 6.45) is 7.26. The molecule has 0 atom stereocenters. The van der Waals surface area contributed by atoms with Crippen molar-refractivity contribution in [2.75, 3.05) is 5.01 Å². The Hall–Kier alpha value is -4.59. The number of nitrogens with zero attached hydrogens (tertiary/aromatic N) is 2. The number of aromatic amines is 1. The fourth-order valence-corrected chi connectivity index (χ4v) is 3.04. The highest BCUT2D eigenvalue weighted by Crippen LogP contribution is 2.19. The largest absolute Gasteiger partial charge is 0.858 e. The zero-order valence-electron chi connectivity index (χ0n) is 16.2. The van der Waals surface area contributed by atoms with Crippen molar-refractivity contribution in [3.05, 3.63) is 106 Å². The second kappa shape index (κ2) is 8.42. The van der Waals surface area contributed by atoms with E-state index in [0.717, 1.165) is 0 Å². The van der Waals surface area contributed by atoms with Crippen LogP contribution in [0.5, 0.6) is 5.88 Å². The van der Waals surface area contributed by atoms with Gasteiger partial charge in [0.15, 0.2) is 0 Å². The summed E-state index contributed by atoms with van der Waals surface area (Å²) in [5.41, 5.74) is 3.06. The maximum atomic E-state index is 12.5. The van der Waals surface area contributed by atoms with Crippen molar-refractivity contribution in [2.24, 2.45) is 0 Å². The van der Waals surface area contributed by atoms with Crippen LogP contribution in [0.3, 0.4) is 0 Å². The number of benzene rings is 2. The van der Waals surface area contributed by atoms with Crippen molar-refractivity contribution >= 4 is 23.6 Å². The fraction of sp³-hybridized carbons (Fsp3) is 0. The molecule has 31 heavy (non-hydrogen) atoms. The fourth-order valence-electron chi connectivity index (χ4n) is 3.04. The lowest BCUT2D eigenvalue weighted by Crippen LogP contribution is -2.35. The van der Waals surface area contributed by atoms with Crippen molar-refractivity contribution in [1.29, 1.82) is 0 Å². The molecule has 154 valence electrons. The number of hydrogen-bond acceptors (Lipinski definition) is 4. The van der Waals surface area contributed by atoms with Gasteiger partial charge in [0.05, 0.1) is 16.9 Å². The second-order valence-electron chi connectivity index (χ2n) is 6.57. The third-order valence-corrected chi connectivity index (χ3v) is 4.56. The van der Waals surface area contributed by atoms with Gasteiger partial charge in [0.25, 0.3) is 17.4 Å². The van der Waals surface area contributed by atoms with Gasteiger partial charge in [0.2, 0.25) is 0 Å². The first-order valence-corrected chi connectivity index (χ1v) is 9.39. The number of carbonyl (C=O) groups is 2. The summed E-state index contributed by atoms with van der Waals surface area (Å²) >= 11 is 0. The van der Waals surface area contributed by atoms with Crippen molar-refractivity contribution in [3.63, 3.8) is 0 Å². The van der Waals surface area contributed by atoms with Crippen LogP contribution >= 0.6 is 0 Å². The van der Waals surface area contributed by atoms with E-state index in [4.69, 9.17) is 0 Å². The minimum atomic E-state index is -0.513. The van der Waals surface area contributed by atoms with Gasteiger partial charge in [-0.25, -0.2) is 5.01 Å². The number of nitrogens with one attached hydrogen (secondary N) is 2. The van der Waals surface area contributed by atoms with Crippen LogP contribution < -0.4 is 21.1 Å². The highest BCUT2D eigenvalue weighted by molar-refractivity contribution is 6.29. The lowest BCUT2D eigenvalue weighted by molar-refractivity contribution is -0.278. The number of carbonyl (C=O) groups excluding carboxylic acids is 2. The average Bonchev–Trinajstić information content (AvgIpc) is 3.24. The lowest BCUT2D eigenvalue weighted by atomic mass is 10.2. The molecule has 1 aliphatic heterocycles. The number of hydrogen-bond donors (Lipinski definition) is 2. The van der Waals surface area contributed by atoms with Crippen LogP contribution in [0.2, 0.25) is 0 Å². The molecule has 0 unspecified atom stereocenters. The molecular formula is C23H17N4O4-. The summed E-state index contributed by atoms with van der Waals surface area (Å²) in [5.74, 6) is -1.45. The molecule has 8 nitrogen and oxygen atoms in total. The normalized spacial score (nSPS) is 15.5. The molecule has 2 N–H and O–H groups in total. The maximum Gasteiger partial charge on any atom is 0.282 e. The smallest absolute Gasteiger partial charge is 0.282 e. The van der Waals surface area contributed by atoms with E-state index in [0.29, 0.717) is 11.4 Å². The van der Waals surface area contributed by atoms with Crippen molar-refractivity contribution in [3.8, 4) is 11.6 Å². The van der Waals surface area contributed by atoms with Crippen molar-refractivity contribution < 1.29 is 14.7 Å². The number of allylic oxidation sites excluding steroid dienone is 4. The van der Waals surface area contributed by atoms with E-state index in [1.165, 1.54) is 40.1 Å². The molecule has 1 aromatic heterocycles. The standard InChI is InChI=1S/C23H18N4O4/c28-20-18(22(30)26(24-20)16-10-4-1-5-11-16)14-8-3-9-15-19-21(29)25-27(23(19)31)17-12-6-2-7-13-17/h1-15,30H,(H,24,28)(H,25,29)/p-1/b9-3+,14-8+,19-15-. The van der Waals surface area contributed by atoms with Crippen LogP contribution in [0.25, 0.3) is 11.8 Å². The van der Waals surface area contributed by atoms with E-state index < -0.39 is 23.3 Å². The number of amides is 2. The van der Waals surface area contributed by atoms with E-state index in [1.807, 2.05) is 12.1 Å². The SMILES string of the molecule is O=C1NN(c2ccccc2)C(=O)\C1=C/C=C/C=C/c1c([O-])n(-c2ccccc2)[nH]c1=O. The predicted molar refractivity (Wildman–Crippen MR) is 114 cm³/mol.